The van der Waals surface area contributed by atoms with E-state index < -0.39 is 15.7 Å². The zero-order valence-corrected chi connectivity index (χ0v) is 12.0. The van der Waals surface area contributed by atoms with E-state index >= 15 is 0 Å². The Bertz CT molecular complexity index is 985. The van der Waals surface area contributed by atoms with Gasteiger partial charge in [-0.05, 0) is 30.3 Å². The van der Waals surface area contributed by atoms with Crippen LogP contribution in [0.25, 0.3) is 11.0 Å². The lowest BCUT2D eigenvalue weighted by Crippen LogP contribution is -2.28. The molecule has 6 nitrogen and oxygen atoms in total. The van der Waals surface area contributed by atoms with E-state index in [0.29, 0.717) is 11.2 Å². The predicted octanol–water partition coefficient (Wildman–Crippen LogP) is 1.16. The molecule has 1 aromatic heterocycles. The van der Waals surface area contributed by atoms with Crippen molar-refractivity contribution >= 4 is 26.7 Å². The third-order valence-electron chi connectivity index (χ3n) is 3.32. The van der Waals surface area contributed by atoms with Gasteiger partial charge in [-0.3, -0.25) is 4.57 Å². The van der Waals surface area contributed by atoms with Gasteiger partial charge in [-0.2, -0.15) is 3.97 Å². The molecular weight excluding hydrogens is 290 g/mol. The summed E-state index contributed by atoms with van der Waals surface area (Å²) in [6.45, 7) is 0. The molecule has 3 rings (SSSR count). The molecule has 0 saturated heterocycles. The van der Waals surface area contributed by atoms with Crippen molar-refractivity contribution in [2.75, 3.05) is 5.73 Å². The molecule has 0 radical (unpaired) electrons. The van der Waals surface area contributed by atoms with Crippen molar-refractivity contribution < 1.29 is 8.42 Å². The smallest absolute Gasteiger partial charge is 0.343 e. The highest BCUT2D eigenvalue weighted by Gasteiger charge is 2.24. The van der Waals surface area contributed by atoms with Crippen LogP contribution < -0.4 is 11.4 Å². The number of benzene rings is 2. The van der Waals surface area contributed by atoms with Crippen molar-refractivity contribution in [3.63, 3.8) is 0 Å². The summed E-state index contributed by atoms with van der Waals surface area (Å²) in [7, 11) is -2.44. The van der Waals surface area contributed by atoms with Crippen LogP contribution in [-0.2, 0) is 17.1 Å². The molecule has 0 unspecified atom stereocenters. The molecule has 0 fully saturated rings. The second-order valence-electron chi connectivity index (χ2n) is 4.67. The average Bonchev–Trinajstić information content (AvgIpc) is 2.71. The van der Waals surface area contributed by atoms with Crippen molar-refractivity contribution in [3.05, 3.63) is 59.0 Å². The molecule has 7 heteroatoms. The molecule has 0 aliphatic heterocycles. The third kappa shape index (κ3) is 1.93. The predicted molar refractivity (Wildman–Crippen MR) is 80.6 cm³/mol. The second-order valence-corrected chi connectivity index (χ2v) is 6.46. The number of nitrogen functional groups attached to an aromatic ring is 1. The maximum atomic E-state index is 12.7. The highest BCUT2D eigenvalue weighted by Crippen LogP contribution is 2.21. The van der Waals surface area contributed by atoms with E-state index in [1.807, 2.05) is 0 Å². The minimum absolute atomic E-state index is 0.0574. The maximum absolute atomic E-state index is 12.7. The van der Waals surface area contributed by atoms with Crippen LogP contribution in [-0.4, -0.2) is 17.0 Å². The molecule has 3 aromatic rings. The van der Waals surface area contributed by atoms with Gasteiger partial charge in [-0.15, -0.1) is 0 Å². The fourth-order valence-corrected chi connectivity index (χ4v) is 3.70. The fourth-order valence-electron chi connectivity index (χ4n) is 2.26. The van der Waals surface area contributed by atoms with Gasteiger partial charge in [0.2, 0.25) is 0 Å². The van der Waals surface area contributed by atoms with Gasteiger partial charge >= 0.3 is 5.69 Å². The molecule has 0 aliphatic rings. The van der Waals surface area contributed by atoms with Crippen LogP contribution in [0.15, 0.2) is 58.2 Å². The SMILES string of the molecule is Cn1c(=O)n(S(=O)(=O)c2ccccc2)c2cc(N)ccc21. The lowest BCUT2D eigenvalue weighted by atomic mass is 10.3. The molecular formula is C14H13N3O3S. The van der Waals surface area contributed by atoms with Crippen LogP contribution in [0.4, 0.5) is 5.69 Å². The zero-order valence-electron chi connectivity index (χ0n) is 11.2. The van der Waals surface area contributed by atoms with E-state index in [-0.39, 0.29) is 10.4 Å². The standard InChI is InChI=1S/C14H13N3O3S/c1-16-12-8-7-10(15)9-13(12)17(14(16)18)21(19,20)11-5-3-2-4-6-11/h2-9H,15H2,1H3. The quantitative estimate of drug-likeness (QED) is 0.720. The molecule has 1 heterocycles. The van der Waals surface area contributed by atoms with Gasteiger partial charge < -0.3 is 5.73 Å². The minimum atomic E-state index is -3.96. The Balaban J connectivity index is 2.44. The van der Waals surface area contributed by atoms with Gasteiger partial charge in [0, 0.05) is 12.7 Å². The Morgan fingerprint density at radius 3 is 2.33 bits per heavy atom. The minimum Gasteiger partial charge on any atom is -0.399 e. The van der Waals surface area contributed by atoms with E-state index in [2.05, 4.69) is 0 Å². The molecule has 108 valence electrons. The molecule has 2 N–H and O–H groups in total. The Hall–Kier alpha value is -2.54. The van der Waals surface area contributed by atoms with Gasteiger partial charge in [-0.25, -0.2) is 13.2 Å². The van der Waals surface area contributed by atoms with Gasteiger partial charge in [0.05, 0.1) is 15.9 Å². The molecule has 0 aliphatic carbocycles. The van der Waals surface area contributed by atoms with Gasteiger partial charge in [0.1, 0.15) is 0 Å². The number of nitrogens with two attached hydrogens (primary N) is 1. The van der Waals surface area contributed by atoms with E-state index in [1.165, 1.54) is 29.8 Å². The number of hydrogen-bond donors (Lipinski definition) is 1. The summed E-state index contributed by atoms with van der Waals surface area (Å²) >= 11 is 0. The van der Waals surface area contributed by atoms with Gasteiger partial charge in [0.25, 0.3) is 10.0 Å². The van der Waals surface area contributed by atoms with Crippen LogP contribution >= 0.6 is 0 Å². The number of imidazole rings is 1. The largest absolute Gasteiger partial charge is 0.399 e. The highest BCUT2D eigenvalue weighted by molar-refractivity contribution is 7.90. The number of hydrogen-bond acceptors (Lipinski definition) is 4. The summed E-state index contributed by atoms with van der Waals surface area (Å²) in [5.41, 5.74) is 6.26. The van der Waals surface area contributed by atoms with Crippen LogP contribution in [0.5, 0.6) is 0 Å². The summed E-state index contributed by atoms with van der Waals surface area (Å²) in [4.78, 5) is 12.4. The second kappa shape index (κ2) is 4.49. The maximum Gasteiger partial charge on any atom is 0.343 e. The molecule has 0 spiro atoms. The van der Waals surface area contributed by atoms with Crippen LogP contribution in [0.1, 0.15) is 0 Å². The Labute approximate surface area is 121 Å². The Kier molecular flexibility index (Phi) is 2.87. The number of fused-ring (bicyclic) bond motifs is 1. The first-order valence-corrected chi connectivity index (χ1v) is 7.64. The molecule has 21 heavy (non-hydrogen) atoms. The average molecular weight is 303 g/mol. The number of aromatic nitrogens is 2. The first kappa shape index (κ1) is 13.4. The van der Waals surface area contributed by atoms with Gasteiger partial charge in [0.15, 0.2) is 0 Å². The summed E-state index contributed by atoms with van der Waals surface area (Å²) in [6, 6.07) is 12.6. The van der Waals surface area contributed by atoms with E-state index in [1.54, 1.807) is 30.3 Å². The monoisotopic (exact) mass is 303 g/mol. The topological polar surface area (TPSA) is 87.1 Å². The summed E-state index contributed by atoms with van der Waals surface area (Å²) in [5.74, 6) is 0. The van der Waals surface area contributed by atoms with E-state index in [4.69, 9.17) is 5.73 Å². The van der Waals surface area contributed by atoms with Crippen molar-refractivity contribution in [3.8, 4) is 0 Å². The Morgan fingerprint density at radius 2 is 1.67 bits per heavy atom. The summed E-state index contributed by atoms with van der Waals surface area (Å²) < 4.78 is 27.5. The fraction of sp³-hybridized carbons (Fsp3) is 0.0714. The van der Waals surface area contributed by atoms with E-state index in [9.17, 15) is 13.2 Å². The molecule has 0 amide bonds. The van der Waals surface area contributed by atoms with Crippen LogP contribution in [0.2, 0.25) is 0 Å². The summed E-state index contributed by atoms with van der Waals surface area (Å²) in [6.07, 6.45) is 0. The lowest BCUT2D eigenvalue weighted by Gasteiger charge is -2.05. The molecule has 0 bridgehead atoms. The van der Waals surface area contributed by atoms with Crippen LogP contribution in [0, 0.1) is 0 Å². The van der Waals surface area contributed by atoms with Crippen molar-refractivity contribution in [2.24, 2.45) is 7.05 Å². The number of nitrogens with zero attached hydrogens (tertiary/aromatic N) is 2. The molecule has 0 saturated carbocycles. The van der Waals surface area contributed by atoms with Crippen molar-refractivity contribution in [1.29, 1.82) is 0 Å². The lowest BCUT2D eigenvalue weighted by molar-refractivity contribution is 0.586. The number of anilines is 1. The number of rotatable bonds is 2. The first-order valence-electron chi connectivity index (χ1n) is 6.20. The third-order valence-corrected chi connectivity index (χ3v) is 5.02. The normalized spacial score (nSPS) is 11.9. The van der Waals surface area contributed by atoms with Crippen LogP contribution in [0.3, 0.4) is 0 Å². The first-order chi connectivity index (χ1) is 9.93. The summed E-state index contributed by atoms with van der Waals surface area (Å²) in [5, 5.41) is 0. The zero-order chi connectivity index (χ0) is 15.2. The van der Waals surface area contributed by atoms with Crippen molar-refractivity contribution in [2.45, 2.75) is 4.90 Å². The highest BCUT2D eigenvalue weighted by atomic mass is 32.2. The molecule has 0 atom stereocenters. The van der Waals surface area contributed by atoms with E-state index in [0.717, 1.165) is 3.97 Å². The Morgan fingerprint density at radius 1 is 1.00 bits per heavy atom. The molecule has 2 aromatic carbocycles. The van der Waals surface area contributed by atoms with Crippen molar-refractivity contribution in [1.82, 2.24) is 8.54 Å². The number of aryl methyl sites for hydroxylation is 1. The van der Waals surface area contributed by atoms with Gasteiger partial charge in [-0.1, -0.05) is 18.2 Å².